The van der Waals surface area contributed by atoms with Crippen molar-refractivity contribution in [3.8, 4) is 0 Å². The first-order valence-corrected chi connectivity index (χ1v) is 27.1. The Morgan fingerprint density at radius 2 is 0.587 bits per heavy atom. The smallest absolute Gasteiger partial charge is 0.306 e. The molecule has 0 spiro atoms. The first kappa shape index (κ1) is 60.4. The molecule has 0 aliphatic heterocycles. The zero-order chi connectivity index (χ0) is 45.8. The van der Waals surface area contributed by atoms with Crippen LogP contribution in [0.25, 0.3) is 0 Å². The molecule has 0 bridgehead atoms. The van der Waals surface area contributed by atoms with Crippen LogP contribution in [0.2, 0.25) is 0 Å². The van der Waals surface area contributed by atoms with Crippen molar-refractivity contribution in [2.24, 2.45) is 0 Å². The van der Waals surface area contributed by atoms with Gasteiger partial charge in [0.25, 0.3) is 0 Å². The van der Waals surface area contributed by atoms with Gasteiger partial charge in [-0.1, -0.05) is 211 Å². The lowest BCUT2D eigenvalue weighted by molar-refractivity contribution is -0.167. The Kier molecular flexibility index (Phi) is 49.8. The summed E-state index contributed by atoms with van der Waals surface area (Å²) in [5.41, 5.74) is 0. The molecule has 0 aliphatic rings. The van der Waals surface area contributed by atoms with E-state index in [0.29, 0.717) is 19.3 Å². The van der Waals surface area contributed by atoms with Crippen LogP contribution in [-0.4, -0.2) is 37.2 Å². The van der Waals surface area contributed by atoms with Crippen molar-refractivity contribution in [1.82, 2.24) is 0 Å². The molecular weight excluding hydrogens is 781 g/mol. The Morgan fingerprint density at radius 3 is 0.968 bits per heavy atom. The van der Waals surface area contributed by atoms with Gasteiger partial charge in [-0.05, 0) is 96.3 Å². The standard InChI is InChI=1S/C57H102O6/c1-4-7-10-13-16-19-22-24-26-27-28-29-31-32-35-38-41-44-47-50-56(59)62-53-54(52-61-55(58)49-46-43-40-37-34-21-18-15-12-9-6-3)63-57(60)51-48-45-42-39-36-33-30-25-23-20-17-14-11-8-5-2/h15-16,18-20,23-24,26,54H,4-14,17,21-22,25,27-53H2,1-3H3/b18-15-,19-16-,23-20-,26-24-/t54-/m0/s1. The molecule has 6 nitrogen and oxygen atoms in total. The molecule has 0 aliphatic carbocycles. The third-order valence-electron chi connectivity index (χ3n) is 11.8. The Balaban J connectivity index is 4.33. The fourth-order valence-corrected chi connectivity index (χ4v) is 7.62. The van der Waals surface area contributed by atoms with Crippen molar-refractivity contribution in [3.63, 3.8) is 0 Å². The maximum Gasteiger partial charge on any atom is 0.306 e. The third-order valence-corrected chi connectivity index (χ3v) is 11.8. The Morgan fingerprint density at radius 1 is 0.317 bits per heavy atom. The minimum Gasteiger partial charge on any atom is -0.462 e. The Labute approximate surface area is 390 Å². The predicted octanol–water partition coefficient (Wildman–Crippen LogP) is 17.9. The number of ether oxygens (including phenoxy) is 3. The van der Waals surface area contributed by atoms with Crippen LogP contribution in [0.4, 0.5) is 0 Å². The highest BCUT2D eigenvalue weighted by Gasteiger charge is 2.19. The topological polar surface area (TPSA) is 78.9 Å². The second kappa shape index (κ2) is 52.0. The zero-order valence-electron chi connectivity index (χ0n) is 41.8. The molecule has 6 heteroatoms. The van der Waals surface area contributed by atoms with Crippen molar-refractivity contribution in [3.05, 3.63) is 48.6 Å². The first-order chi connectivity index (χ1) is 31.0. The predicted molar refractivity (Wildman–Crippen MR) is 270 cm³/mol. The lowest BCUT2D eigenvalue weighted by Crippen LogP contribution is -2.30. The Bertz CT molecular complexity index is 1110. The molecule has 0 aromatic heterocycles. The van der Waals surface area contributed by atoms with Crippen LogP contribution in [0.15, 0.2) is 48.6 Å². The van der Waals surface area contributed by atoms with E-state index in [1.54, 1.807) is 0 Å². The summed E-state index contributed by atoms with van der Waals surface area (Å²) in [4.78, 5) is 38.0. The number of rotatable bonds is 49. The van der Waals surface area contributed by atoms with E-state index in [1.165, 1.54) is 167 Å². The van der Waals surface area contributed by atoms with Crippen LogP contribution in [0.5, 0.6) is 0 Å². The van der Waals surface area contributed by atoms with E-state index in [4.69, 9.17) is 14.2 Å². The van der Waals surface area contributed by atoms with Gasteiger partial charge in [-0.25, -0.2) is 0 Å². The van der Waals surface area contributed by atoms with E-state index in [2.05, 4.69) is 69.4 Å². The quantitative estimate of drug-likeness (QED) is 0.0262. The van der Waals surface area contributed by atoms with Gasteiger partial charge in [0.05, 0.1) is 0 Å². The number of hydrogen-bond acceptors (Lipinski definition) is 6. The van der Waals surface area contributed by atoms with Crippen LogP contribution < -0.4 is 0 Å². The van der Waals surface area contributed by atoms with E-state index < -0.39 is 6.10 Å². The molecule has 0 rings (SSSR count). The highest BCUT2D eigenvalue weighted by Crippen LogP contribution is 2.15. The number of allylic oxidation sites excluding steroid dienone is 8. The van der Waals surface area contributed by atoms with Crippen molar-refractivity contribution < 1.29 is 28.6 Å². The highest BCUT2D eigenvalue weighted by molar-refractivity contribution is 5.71. The van der Waals surface area contributed by atoms with Crippen LogP contribution in [0.1, 0.15) is 278 Å². The lowest BCUT2D eigenvalue weighted by Gasteiger charge is -2.18. The molecule has 0 aromatic carbocycles. The van der Waals surface area contributed by atoms with Gasteiger partial charge in [-0.2, -0.15) is 0 Å². The molecule has 1 atom stereocenters. The Hall–Kier alpha value is -2.63. The van der Waals surface area contributed by atoms with Crippen LogP contribution >= 0.6 is 0 Å². The summed E-state index contributed by atoms with van der Waals surface area (Å²) < 4.78 is 16.8. The molecule has 0 amide bonds. The summed E-state index contributed by atoms with van der Waals surface area (Å²) in [5.74, 6) is -0.889. The monoisotopic (exact) mass is 883 g/mol. The molecule has 0 saturated carbocycles. The summed E-state index contributed by atoms with van der Waals surface area (Å²) in [6.07, 6.45) is 62.3. The molecule has 0 heterocycles. The van der Waals surface area contributed by atoms with Gasteiger partial charge in [-0.3, -0.25) is 14.4 Å². The minimum atomic E-state index is -0.778. The first-order valence-electron chi connectivity index (χ1n) is 27.1. The molecule has 366 valence electrons. The van der Waals surface area contributed by atoms with E-state index in [0.717, 1.165) is 70.6 Å². The molecule has 0 saturated heterocycles. The molecule has 0 radical (unpaired) electrons. The van der Waals surface area contributed by atoms with E-state index in [1.807, 2.05) is 0 Å². The second-order valence-electron chi connectivity index (χ2n) is 18.1. The van der Waals surface area contributed by atoms with Gasteiger partial charge >= 0.3 is 17.9 Å². The van der Waals surface area contributed by atoms with E-state index in [-0.39, 0.29) is 31.1 Å². The van der Waals surface area contributed by atoms with Crippen LogP contribution in [0.3, 0.4) is 0 Å². The van der Waals surface area contributed by atoms with E-state index >= 15 is 0 Å². The minimum absolute atomic E-state index is 0.0786. The van der Waals surface area contributed by atoms with E-state index in [9.17, 15) is 14.4 Å². The van der Waals surface area contributed by atoms with Crippen LogP contribution in [0, 0.1) is 0 Å². The van der Waals surface area contributed by atoms with Crippen molar-refractivity contribution in [2.45, 2.75) is 284 Å². The fraction of sp³-hybridized carbons (Fsp3) is 0.807. The number of hydrogen-bond donors (Lipinski definition) is 0. The van der Waals surface area contributed by atoms with Gasteiger partial charge in [0.1, 0.15) is 13.2 Å². The van der Waals surface area contributed by atoms with Crippen molar-refractivity contribution in [1.29, 1.82) is 0 Å². The molecule has 0 N–H and O–H groups in total. The summed E-state index contributed by atoms with van der Waals surface area (Å²) in [6.45, 7) is 6.57. The average Bonchev–Trinajstić information content (AvgIpc) is 3.28. The summed E-state index contributed by atoms with van der Waals surface area (Å²) in [7, 11) is 0. The normalized spacial score (nSPS) is 12.4. The second-order valence-corrected chi connectivity index (χ2v) is 18.1. The zero-order valence-corrected chi connectivity index (χ0v) is 41.8. The summed E-state index contributed by atoms with van der Waals surface area (Å²) in [6, 6.07) is 0. The maximum atomic E-state index is 12.8. The molecule has 0 aromatic rings. The molecule has 0 unspecified atom stereocenters. The van der Waals surface area contributed by atoms with Crippen LogP contribution in [-0.2, 0) is 28.6 Å². The molecule has 63 heavy (non-hydrogen) atoms. The van der Waals surface area contributed by atoms with Gasteiger partial charge in [0.2, 0.25) is 0 Å². The number of carbonyl (C=O) groups excluding carboxylic acids is 3. The third kappa shape index (κ3) is 50.2. The van der Waals surface area contributed by atoms with Gasteiger partial charge < -0.3 is 14.2 Å². The number of esters is 3. The SMILES string of the molecule is CCCC/C=C\CCCCCCCC(=O)OC[C@@H](COC(=O)CCCCCCCCCCC/C=C\C/C=C\CCCCC)OC(=O)CCCCCCCCC/C=C\CCCCCC. The van der Waals surface area contributed by atoms with Gasteiger partial charge in [0.15, 0.2) is 6.10 Å². The lowest BCUT2D eigenvalue weighted by atomic mass is 10.1. The van der Waals surface area contributed by atoms with Gasteiger partial charge in [0, 0.05) is 19.3 Å². The highest BCUT2D eigenvalue weighted by atomic mass is 16.6. The number of unbranched alkanes of at least 4 members (excludes halogenated alkanes) is 30. The number of carbonyl (C=O) groups is 3. The van der Waals surface area contributed by atoms with Crippen molar-refractivity contribution >= 4 is 17.9 Å². The fourth-order valence-electron chi connectivity index (χ4n) is 7.62. The average molecular weight is 883 g/mol. The largest absolute Gasteiger partial charge is 0.462 e. The summed E-state index contributed by atoms with van der Waals surface area (Å²) in [5, 5.41) is 0. The molecule has 0 fully saturated rings. The van der Waals surface area contributed by atoms with Gasteiger partial charge in [-0.15, -0.1) is 0 Å². The summed E-state index contributed by atoms with van der Waals surface area (Å²) >= 11 is 0. The maximum absolute atomic E-state index is 12.8. The van der Waals surface area contributed by atoms with Crippen molar-refractivity contribution in [2.75, 3.05) is 13.2 Å². The molecular formula is C57H102O6.